The average molecular weight is 230 g/mol. The molecule has 1 amide bonds. The van der Waals surface area contributed by atoms with E-state index in [0.717, 1.165) is 45.3 Å². The number of methoxy groups -OCH3 is 1. The first kappa shape index (κ1) is 15.4. The summed E-state index contributed by atoms with van der Waals surface area (Å²) in [6.07, 6.45) is 5.05. The molecule has 0 aromatic heterocycles. The van der Waals surface area contributed by atoms with E-state index < -0.39 is 0 Å². The van der Waals surface area contributed by atoms with Crippen LogP contribution < -0.4 is 11.1 Å². The third kappa shape index (κ3) is 7.65. The van der Waals surface area contributed by atoms with Crippen LogP contribution in [0.15, 0.2) is 0 Å². The Morgan fingerprint density at radius 3 is 2.69 bits per heavy atom. The molecule has 1 unspecified atom stereocenters. The van der Waals surface area contributed by atoms with Gasteiger partial charge in [0.2, 0.25) is 5.91 Å². The first-order valence-electron chi connectivity index (χ1n) is 6.23. The lowest BCUT2D eigenvalue weighted by atomic mass is 10.0. The third-order valence-corrected chi connectivity index (χ3v) is 2.62. The van der Waals surface area contributed by atoms with Gasteiger partial charge in [0.05, 0.1) is 5.92 Å². The normalized spacial score (nSPS) is 12.4. The molecule has 0 fully saturated rings. The van der Waals surface area contributed by atoms with Crippen LogP contribution in [-0.4, -0.2) is 32.7 Å². The number of amides is 1. The number of unbranched alkanes of at least 4 members (excludes halogenated alkanes) is 2. The van der Waals surface area contributed by atoms with E-state index >= 15 is 0 Å². The number of ether oxygens (including phenoxy) is 1. The maximum atomic E-state index is 11.6. The number of hydrogen-bond acceptors (Lipinski definition) is 3. The molecule has 0 spiro atoms. The van der Waals surface area contributed by atoms with Crippen LogP contribution in [0.5, 0.6) is 0 Å². The molecule has 16 heavy (non-hydrogen) atoms. The van der Waals surface area contributed by atoms with Gasteiger partial charge in [-0.25, -0.2) is 0 Å². The standard InChI is InChI=1S/C12H26N2O2/c1-3-7-11(10-13)12(15)14-8-5-4-6-9-16-2/h11H,3-10,13H2,1-2H3,(H,14,15). The Morgan fingerprint density at radius 2 is 2.12 bits per heavy atom. The lowest BCUT2D eigenvalue weighted by Crippen LogP contribution is -2.35. The highest BCUT2D eigenvalue weighted by Gasteiger charge is 2.14. The van der Waals surface area contributed by atoms with Gasteiger partial charge in [-0.1, -0.05) is 13.3 Å². The van der Waals surface area contributed by atoms with Gasteiger partial charge in [-0.05, 0) is 25.7 Å². The van der Waals surface area contributed by atoms with Crippen molar-refractivity contribution in [2.24, 2.45) is 11.7 Å². The third-order valence-electron chi connectivity index (χ3n) is 2.62. The Kier molecular flexibility index (Phi) is 10.5. The summed E-state index contributed by atoms with van der Waals surface area (Å²) in [6, 6.07) is 0. The van der Waals surface area contributed by atoms with E-state index in [9.17, 15) is 4.79 Å². The molecule has 4 nitrogen and oxygen atoms in total. The van der Waals surface area contributed by atoms with Crippen molar-refractivity contribution in [3.8, 4) is 0 Å². The lowest BCUT2D eigenvalue weighted by molar-refractivity contribution is -0.124. The molecule has 3 N–H and O–H groups in total. The van der Waals surface area contributed by atoms with E-state index in [-0.39, 0.29) is 11.8 Å². The summed E-state index contributed by atoms with van der Waals surface area (Å²) in [5.74, 6) is 0.0973. The fourth-order valence-electron chi connectivity index (χ4n) is 1.61. The van der Waals surface area contributed by atoms with E-state index in [1.807, 2.05) is 0 Å². The molecule has 0 aliphatic carbocycles. The Bertz CT molecular complexity index is 174. The Labute approximate surface area is 98.9 Å². The van der Waals surface area contributed by atoms with Crippen molar-refractivity contribution < 1.29 is 9.53 Å². The minimum atomic E-state index is -0.0102. The number of nitrogens with two attached hydrogens (primary N) is 1. The van der Waals surface area contributed by atoms with Crippen LogP contribution >= 0.6 is 0 Å². The van der Waals surface area contributed by atoms with E-state index in [1.54, 1.807) is 7.11 Å². The number of carbonyl (C=O) groups excluding carboxylic acids is 1. The molecular weight excluding hydrogens is 204 g/mol. The van der Waals surface area contributed by atoms with Crippen LogP contribution in [0.4, 0.5) is 0 Å². The zero-order chi connectivity index (χ0) is 12.2. The van der Waals surface area contributed by atoms with E-state index in [0.29, 0.717) is 6.54 Å². The molecule has 0 aliphatic rings. The molecule has 0 rings (SSSR count). The Morgan fingerprint density at radius 1 is 1.38 bits per heavy atom. The summed E-state index contributed by atoms with van der Waals surface area (Å²) >= 11 is 0. The van der Waals surface area contributed by atoms with Crippen molar-refractivity contribution in [2.75, 3.05) is 26.8 Å². The van der Waals surface area contributed by atoms with Crippen LogP contribution in [0.3, 0.4) is 0 Å². The molecule has 0 heterocycles. The second kappa shape index (κ2) is 10.9. The molecule has 0 aliphatic heterocycles. The molecule has 0 saturated carbocycles. The van der Waals surface area contributed by atoms with Gasteiger partial charge in [-0.2, -0.15) is 0 Å². The fraction of sp³-hybridized carbons (Fsp3) is 0.917. The highest BCUT2D eigenvalue weighted by atomic mass is 16.5. The van der Waals surface area contributed by atoms with Crippen LogP contribution in [0, 0.1) is 5.92 Å². The lowest BCUT2D eigenvalue weighted by Gasteiger charge is -2.13. The first-order valence-corrected chi connectivity index (χ1v) is 6.23. The van der Waals surface area contributed by atoms with E-state index in [1.165, 1.54) is 0 Å². The quantitative estimate of drug-likeness (QED) is 0.556. The minimum Gasteiger partial charge on any atom is -0.385 e. The van der Waals surface area contributed by atoms with Gasteiger partial charge in [0, 0.05) is 26.8 Å². The second-order valence-electron chi connectivity index (χ2n) is 4.07. The molecule has 0 bridgehead atoms. The summed E-state index contributed by atoms with van der Waals surface area (Å²) in [4.78, 5) is 11.6. The number of nitrogens with one attached hydrogen (secondary N) is 1. The summed E-state index contributed by atoms with van der Waals surface area (Å²) in [7, 11) is 1.71. The smallest absolute Gasteiger partial charge is 0.224 e. The van der Waals surface area contributed by atoms with Crippen molar-refractivity contribution in [3.05, 3.63) is 0 Å². The minimum absolute atomic E-state index is 0.0102. The topological polar surface area (TPSA) is 64.4 Å². The van der Waals surface area contributed by atoms with Gasteiger partial charge >= 0.3 is 0 Å². The molecule has 0 radical (unpaired) electrons. The maximum Gasteiger partial charge on any atom is 0.224 e. The van der Waals surface area contributed by atoms with Crippen molar-refractivity contribution in [2.45, 2.75) is 39.0 Å². The van der Waals surface area contributed by atoms with Crippen molar-refractivity contribution in [1.29, 1.82) is 0 Å². The Balaban J connectivity index is 3.47. The number of carbonyl (C=O) groups is 1. The maximum absolute atomic E-state index is 11.6. The van der Waals surface area contributed by atoms with Gasteiger partial charge in [0.25, 0.3) is 0 Å². The average Bonchev–Trinajstić information content (AvgIpc) is 2.30. The van der Waals surface area contributed by atoms with Crippen LogP contribution in [-0.2, 0) is 9.53 Å². The summed E-state index contributed by atoms with van der Waals surface area (Å²) in [5, 5.41) is 2.94. The predicted molar refractivity (Wildman–Crippen MR) is 66.2 cm³/mol. The zero-order valence-corrected chi connectivity index (χ0v) is 10.6. The van der Waals surface area contributed by atoms with Crippen LogP contribution in [0.2, 0.25) is 0 Å². The molecular formula is C12H26N2O2. The zero-order valence-electron chi connectivity index (χ0n) is 10.6. The van der Waals surface area contributed by atoms with Gasteiger partial charge in [0.15, 0.2) is 0 Å². The highest BCUT2D eigenvalue weighted by Crippen LogP contribution is 2.04. The molecule has 1 atom stereocenters. The molecule has 0 aromatic carbocycles. The Hall–Kier alpha value is -0.610. The summed E-state index contributed by atoms with van der Waals surface area (Å²) < 4.78 is 4.95. The van der Waals surface area contributed by atoms with Crippen molar-refractivity contribution >= 4 is 5.91 Å². The molecule has 0 aromatic rings. The predicted octanol–water partition coefficient (Wildman–Crippen LogP) is 1.29. The number of hydrogen-bond donors (Lipinski definition) is 2. The van der Waals surface area contributed by atoms with Crippen LogP contribution in [0.1, 0.15) is 39.0 Å². The van der Waals surface area contributed by atoms with Gasteiger partial charge in [0.1, 0.15) is 0 Å². The molecule has 4 heteroatoms. The number of rotatable bonds is 10. The summed E-state index contributed by atoms with van der Waals surface area (Å²) in [5.41, 5.74) is 5.55. The fourth-order valence-corrected chi connectivity index (χ4v) is 1.61. The first-order chi connectivity index (χ1) is 7.76. The second-order valence-corrected chi connectivity index (χ2v) is 4.07. The van der Waals surface area contributed by atoms with Gasteiger partial charge < -0.3 is 15.8 Å². The van der Waals surface area contributed by atoms with E-state index in [4.69, 9.17) is 10.5 Å². The van der Waals surface area contributed by atoms with Crippen molar-refractivity contribution in [3.63, 3.8) is 0 Å². The van der Waals surface area contributed by atoms with Gasteiger partial charge in [-0.15, -0.1) is 0 Å². The summed E-state index contributed by atoms with van der Waals surface area (Å²) in [6.45, 7) is 4.07. The monoisotopic (exact) mass is 230 g/mol. The van der Waals surface area contributed by atoms with Gasteiger partial charge in [-0.3, -0.25) is 4.79 Å². The highest BCUT2D eigenvalue weighted by molar-refractivity contribution is 5.78. The molecule has 96 valence electrons. The SMILES string of the molecule is CCCC(CN)C(=O)NCCCCCOC. The molecule has 0 saturated heterocycles. The van der Waals surface area contributed by atoms with E-state index in [2.05, 4.69) is 12.2 Å². The van der Waals surface area contributed by atoms with Crippen LogP contribution in [0.25, 0.3) is 0 Å². The largest absolute Gasteiger partial charge is 0.385 e. The van der Waals surface area contributed by atoms with Crippen molar-refractivity contribution in [1.82, 2.24) is 5.32 Å².